The van der Waals surface area contributed by atoms with Crippen LogP contribution in [0.2, 0.25) is 0 Å². The normalized spacial score (nSPS) is 15.2. The Morgan fingerprint density at radius 1 is 1.00 bits per heavy atom. The quantitative estimate of drug-likeness (QED) is 0.873. The number of hydrogen-bond acceptors (Lipinski definition) is 2. The molecule has 0 aromatic heterocycles. The van der Waals surface area contributed by atoms with Gasteiger partial charge in [-0.15, -0.1) is 0 Å². The van der Waals surface area contributed by atoms with Crippen molar-refractivity contribution in [1.29, 1.82) is 0 Å². The summed E-state index contributed by atoms with van der Waals surface area (Å²) in [5.41, 5.74) is 2.12. The van der Waals surface area contributed by atoms with Gasteiger partial charge in [0.2, 0.25) is 5.91 Å². The molecule has 4 heteroatoms. The molecule has 2 aromatic rings. The van der Waals surface area contributed by atoms with Crippen LogP contribution >= 0.6 is 0 Å². The van der Waals surface area contributed by atoms with Gasteiger partial charge in [0, 0.05) is 13.6 Å². The van der Waals surface area contributed by atoms with Crippen LogP contribution in [-0.2, 0) is 17.8 Å². The Morgan fingerprint density at radius 2 is 1.64 bits per heavy atom. The van der Waals surface area contributed by atoms with Crippen LogP contribution < -0.4 is 0 Å². The van der Waals surface area contributed by atoms with E-state index in [0.717, 1.165) is 31.2 Å². The lowest BCUT2D eigenvalue weighted by atomic mass is 9.64. The van der Waals surface area contributed by atoms with E-state index in [4.69, 9.17) is 5.11 Å². The summed E-state index contributed by atoms with van der Waals surface area (Å²) >= 11 is 0. The van der Waals surface area contributed by atoms with Crippen molar-refractivity contribution in [2.24, 2.45) is 5.41 Å². The lowest BCUT2D eigenvalue weighted by Crippen LogP contribution is -2.47. The van der Waals surface area contributed by atoms with Gasteiger partial charge >= 0.3 is 5.97 Å². The minimum atomic E-state index is -0.938. The minimum Gasteiger partial charge on any atom is -0.478 e. The van der Waals surface area contributed by atoms with Gasteiger partial charge in [-0.05, 0) is 42.5 Å². The molecule has 1 N–H and O–H groups in total. The van der Waals surface area contributed by atoms with Crippen LogP contribution in [0.25, 0.3) is 0 Å². The first-order valence-corrected chi connectivity index (χ1v) is 8.62. The SMILES string of the molecule is CN(Cc1ccc(C(=O)O)cc1)C(=O)C1(Cc2ccccc2)CCC1. The largest absolute Gasteiger partial charge is 0.478 e. The van der Waals surface area contributed by atoms with Crippen LogP contribution in [-0.4, -0.2) is 28.9 Å². The molecule has 1 saturated carbocycles. The Hall–Kier alpha value is -2.62. The summed E-state index contributed by atoms with van der Waals surface area (Å²) in [6, 6.07) is 16.9. The summed E-state index contributed by atoms with van der Waals surface area (Å²) in [6.45, 7) is 0.495. The number of nitrogens with zero attached hydrogens (tertiary/aromatic N) is 1. The van der Waals surface area contributed by atoms with E-state index in [9.17, 15) is 9.59 Å². The number of hydrogen-bond donors (Lipinski definition) is 1. The highest BCUT2D eigenvalue weighted by Gasteiger charge is 2.45. The van der Waals surface area contributed by atoms with Crippen molar-refractivity contribution in [3.05, 3.63) is 71.3 Å². The van der Waals surface area contributed by atoms with Crippen molar-refractivity contribution in [3.8, 4) is 0 Å². The van der Waals surface area contributed by atoms with Gasteiger partial charge in [-0.3, -0.25) is 4.79 Å². The molecule has 4 nitrogen and oxygen atoms in total. The molecular weight excluding hydrogens is 314 g/mol. The predicted molar refractivity (Wildman–Crippen MR) is 96.3 cm³/mol. The van der Waals surface area contributed by atoms with E-state index in [1.54, 1.807) is 29.2 Å². The highest BCUT2D eigenvalue weighted by molar-refractivity contribution is 5.87. The number of aromatic carboxylic acids is 1. The van der Waals surface area contributed by atoms with Gasteiger partial charge in [-0.25, -0.2) is 4.79 Å². The molecule has 1 fully saturated rings. The second-order valence-electron chi connectivity index (χ2n) is 6.96. The van der Waals surface area contributed by atoms with Gasteiger partial charge in [0.1, 0.15) is 0 Å². The number of amides is 1. The average Bonchev–Trinajstić information content (AvgIpc) is 2.59. The minimum absolute atomic E-state index is 0.185. The third-order valence-corrected chi connectivity index (χ3v) is 5.12. The molecule has 130 valence electrons. The first-order valence-electron chi connectivity index (χ1n) is 8.62. The molecule has 25 heavy (non-hydrogen) atoms. The fraction of sp³-hybridized carbons (Fsp3) is 0.333. The van der Waals surface area contributed by atoms with Gasteiger partial charge in [0.05, 0.1) is 11.0 Å². The molecule has 2 aromatic carbocycles. The lowest BCUT2D eigenvalue weighted by Gasteiger charge is -2.43. The number of carbonyl (C=O) groups is 2. The molecule has 0 atom stereocenters. The molecule has 0 heterocycles. The first-order chi connectivity index (χ1) is 12.0. The summed E-state index contributed by atoms with van der Waals surface area (Å²) in [5.74, 6) is -0.753. The van der Waals surface area contributed by atoms with Crippen molar-refractivity contribution in [2.45, 2.75) is 32.2 Å². The summed E-state index contributed by atoms with van der Waals surface area (Å²) < 4.78 is 0. The fourth-order valence-electron chi connectivity index (χ4n) is 3.56. The molecule has 0 saturated heterocycles. The smallest absolute Gasteiger partial charge is 0.335 e. The third kappa shape index (κ3) is 3.73. The first kappa shape index (κ1) is 17.2. The maximum absolute atomic E-state index is 13.1. The number of rotatable bonds is 6. The molecule has 1 aliphatic carbocycles. The second-order valence-corrected chi connectivity index (χ2v) is 6.96. The van der Waals surface area contributed by atoms with Crippen LogP contribution in [0, 0.1) is 5.41 Å². The zero-order valence-electron chi connectivity index (χ0n) is 14.4. The predicted octanol–water partition coefficient (Wildman–Crippen LogP) is 3.76. The molecule has 1 aliphatic rings. The van der Waals surface area contributed by atoms with E-state index in [1.807, 2.05) is 25.2 Å². The number of carboxylic acid groups (broad SMARTS) is 1. The molecule has 0 spiro atoms. The second kappa shape index (κ2) is 7.09. The van der Waals surface area contributed by atoms with Gasteiger partial charge in [-0.1, -0.05) is 48.9 Å². The molecular formula is C21H23NO3. The van der Waals surface area contributed by atoms with Gasteiger partial charge < -0.3 is 10.0 Å². The fourth-order valence-corrected chi connectivity index (χ4v) is 3.56. The number of carbonyl (C=O) groups excluding carboxylic acids is 1. The Balaban J connectivity index is 1.69. The van der Waals surface area contributed by atoms with E-state index < -0.39 is 5.97 Å². The van der Waals surface area contributed by atoms with Crippen LogP contribution in [0.1, 0.15) is 40.7 Å². The summed E-state index contributed by atoms with van der Waals surface area (Å²) in [5, 5.41) is 8.97. The molecule has 3 rings (SSSR count). The standard InChI is InChI=1S/C21H23NO3/c1-22(15-17-8-10-18(11-9-17)19(23)24)20(25)21(12-5-13-21)14-16-6-3-2-4-7-16/h2-4,6-11H,5,12-15H2,1H3,(H,23,24). The van der Waals surface area contributed by atoms with Gasteiger partial charge in [0.15, 0.2) is 0 Å². The maximum Gasteiger partial charge on any atom is 0.335 e. The van der Waals surface area contributed by atoms with Crippen molar-refractivity contribution in [2.75, 3.05) is 7.05 Å². The summed E-state index contributed by atoms with van der Waals surface area (Å²) in [4.78, 5) is 25.8. The van der Waals surface area contributed by atoms with E-state index >= 15 is 0 Å². The zero-order chi connectivity index (χ0) is 17.9. The van der Waals surface area contributed by atoms with E-state index in [1.165, 1.54) is 5.56 Å². The van der Waals surface area contributed by atoms with Crippen LogP contribution in [0.3, 0.4) is 0 Å². The maximum atomic E-state index is 13.1. The number of benzene rings is 2. The van der Waals surface area contributed by atoms with E-state index in [2.05, 4.69) is 12.1 Å². The number of carboxylic acids is 1. The molecule has 0 aliphatic heterocycles. The molecule has 0 unspecified atom stereocenters. The highest BCUT2D eigenvalue weighted by Crippen LogP contribution is 2.45. The van der Waals surface area contributed by atoms with Crippen LogP contribution in [0.4, 0.5) is 0 Å². The Labute approximate surface area is 148 Å². The van der Waals surface area contributed by atoms with Crippen molar-refractivity contribution < 1.29 is 14.7 Å². The average molecular weight is 337 g/mol. The molecule has 0 bridgehead atoms. The van der Waals surface area contributed by atoms with E-state index in [-0.39, 0.29) is 16.9 Å². The highest BCUT2D eigenvalue weighted by atomic mass is 16.4. The van der Waals surface area contributed by atoms with Crippen molar-refractivity contribution in [3.63, 3.8) is 0 Å². The Kier molecular flexibility index (Phi) is 4.88. The molecule has 1 amide bonds. The summed E-state index contributed by atoms with van der Waals surface area (Å²) in [7, 11) is 1.83. The zero-order valence-corrected chi connectivity index (χ0v) is 14.4. The Morgan fingerprint density at radius 3 is 2.16 bits per heavy atom. The monoisotopic (exact) mass is 337 g/mol. The van der Waals surface area contributed by atoms with Gasteiger partial charge in [-0.2, -0.15) is 0 Å². The van der Waals surface area contributed by atoms with Crippen LogP contribution in [0.15, 0.2) is 54.6 Å². The molecule has 0 radical (unpaired) electrons. The third-order valence-electron chi connectivity index (χ3n) is 5.12. The lowest BCUT2D eigenvalue weighted by molar-refractivity contribution is -0.146. The Bertz CT molecular complexity index is 748. The van der Waals surface area contributed by atoms with E-state index in [0.29, 0.717) is 6.54 Å². The van der Waals surface area contributed by atoms with Gasteiger partial charge in [0.25, 0.3) is 0 Å². The summed E-state index contributed by atoms with van der Waals surface area (Å²) in [6.07, 6.45) is 3.75. The van der Waals surface area contributed by atoms with Crippen molar-refractivity contribution >= 4 is 11.9 Å². The van der Waals surface area contributed by atoms with Crippen LogP contribution in [0.5, 0.6) is 0 Å². The van der Waals surface area contributed by atoms with Crippen molar-refractivity contribution in [1.82, 2.24) is 4.90 Å². The topological polar surface area (TPSA) is 57.6 Å².